The first-order valence-electron chi connectivity index (χ1n) is 6.91. The zero-order valence-electron chi connectivity index (χ0n) is 13.7. The molecule has 1 N–H and O–H groups in total. The molecule has 23 heavy (non-hydrogen) atoms. The van der Waals surface area contributed by atoms with E-state index in [4.69, 9.17) is 4.52 Å². The van der Waals surface area contributed by atoms with Crippen molar-refractivity contribution in [3.05, 3.63) is 40.8 Å². The fourth-order valence-electron chi connectivity index (χ4n) is 1.97. The SMILES string of the molecule is Cc1cc(C(=O)Nc2cc(S(=O)(=O)N(C)C)cc(C)c2C)on1. The van der Waals surface area contributed by atoms with E-state index in [2.05, 4.69) is 10.5 Å². The molecule has 1 amide bonds. The summed E-state index contributed by atoms with van der Waals surface area (Å²) in [5.41, 5.74) is 2.56. The number of hydrogen-bond donors (Lipinski definition) is 1. The van der Waals surface area contributed by atoms with Crippen LogP contribution in [0.4, 0.5) is 5.69 Å². The standard InChI is InChI=1S/C15H19N3O4S/c1-9-6-12(23(20,21)18(4)5)8-13(11(9)3)16-15(19)14-7-10(2)17-22-14/h6-8H,1-5H3,(H,16,19). The number of nitrogens with one attached hydrogen (secondary N) is 1. The van der Waals surface area contributed by atoms with Gasteiger partial charge in [-0.15, -0.1) is 0 Å². The minimum atomic E-state index is -3.59. The van der Waals surface area contributed by atoms with Gasteiger partial charge in [-0.1, -0.05) is 5.16 Å². The minimum Gasteiger partial charge on any atom is -0.351 e. The van der Waals surface area contributed by atoms with Crippen LogP contribution in [0.3, 0.4) is 0 Å². The Labute approximate surface area is 135 Å². The molecular weight excluding hydrogens is 318 g/mol. The summed E-state index contributed by atoms with van der Waals surface area (Å²) in [7, 11) is -0.672. The average Bonchev–Trinajstić information content (AvgIpc) is 2.90. The molecule has 2 aromatic rings. The third-order valence-electron chi connectivity index (χ3n) is 3.52. The van der Waals surface area contributed by atoms with Gasteiger partial charge in [0.1, 0.15) is 0 Å². The molecule has 2 rings (SSSR count). The number of nitrogens with zero attached hydrogens (tertiary/aromatic N) is 2. The minimum absolute atomic E-state index is 0.0698. The van der Waals surface area contributed by atoms with Crippen molar-refractivity contribution >= 4 is 21.6 Å². The van der Waals surface area contributed by atoms with Gasteiger partial charge in [0, 0.05) is 25.8 Å². The summed E-state index contributed by atoms with van der Waals surface area (Å²) >= 11 is 0. The maximum Gasteiger partial charge on any atom is 0.294 e. The summed E-state index contributed by atoms with van der Waals surface area (Å²) in [5, 5.41) is 6.34. The maximum absolute atomic E-state index is 12.3. The van der Waals surface area contributed by atoms with Gasteiger partial charge in [-0.3, -0.25) is 4.79 Å². The van der Waals surface area contributed by atoms with Gasteiger partial charge in [0.2, 0.25) is 15.8 Å². The van der Waals surface area contributed by atoms with E-state index < -0.39 is 15.9 Å². The van der Waals surface area contributed by atoms with E-state index in [1.54, 1.807) is 19.9 Å². The molecule has 1 aromatic heterocycles. The monoisotopic (exact) mass is 337 g/mol. The van der Waals surface area contributed by atoms with Crippen LogP contribution in [0.1, 0.15) is 27.4 Å². The number of sulfonamides is 1. The van der Waals surface area contributed by atoms with Crippen molar-refractivity contribution in [2.75, 3.05) is 19.4 Å². The van der Waals surface area contributed by atoms with Gasteiger partial charge in [-0.25, -0.2) is 12.7 Å². The van der Waals surface area contributed by atoms with Crippen LogP contribution in [0, 0.1) is 20.8 Å². The molecule has 0 bridgehead atoms. The van der Waals surface area contributed by atoms with Crippen LogP contribution in [0.5, 0.6) is 0 Å². The number of aromatic nitrogens is 1. The predicted octanol–water partition coefficient (Wildman–Crippen LogP) is 2.10. The number of carbonyl (C=O) groups excluding carboxylic acids is 1. The Morgan fingerprint density at radius 1 is 1.17 bits per heavy atom. The lowest BCUT2D eigenvalue weighted by molar-refractivity contribution is 0.0987. The number of carbonyl (C=O) groups is 1. The number of aryl methyl sites for hydroxylation is 2. The Morgan fingerprint density at radius 3 is 2.35 bits per heavy atom. The lowest BCUT2D eigenvalue weighted by Gasteiger charge is -2.16. The van der Waals surface area contributed by atoms with Crippen LogP contribution in [0.2, 0.25) is 0 Å². The van der Waals surface area contributed by atoms with E-state index in [1.165, 1.54) is 26.2 Å². The second kappa shape index (κ2) is 6.13. The third-order valence-corrected chi connectivity index (χ3v) is 5.31. The molecule has 0 aliphatic heterocycles. The third kappa shape index (κ3) is 3.43. The Kier molecular flexibility index (Phi) is 4.58. The highest BCUT2D eigenvalue weighted by Gasteiger charge is 2.21. The van der Waals surface area contributed by atoms with Crippen molar-refractivity contribution < 1.29 is 17.7 Å². The molecule has 0 radical (unpaired) electrons. The average molecular weight is 337 g/mol. The quantitative estimate of drug-likeness (QED) is 0.922. The summed E-state index contributed by atoms with van der Waals surface area (Å²) < 4.78 is 30.6. The van der Waals surface area contributed by atoms with E-state index in [0.29, 0.717) is 11.4 Å². The van der Waals surface area contributed by atoms with E-state index in [0.717, 1.165) is 15.4 Å². The topological polar surface area (TPSA) is 92.5 Å². The van der Waals surface area contributed by atoms with Crippen LogP contribution in [-0.4, -0.2) is 37.9 Å². The summed E-state index contributed by atoms with van der Waals surface area (Å²) in [5.74, 6) is -0.409. The van der Waals surface area contributed by atoms with Gasteiger partial charge in [-0.05, 0) is 44.0 Å². The lowest BCUT2D eigenvalue weighted by Crippen LogP contribution is -2.23. The number of anilines is 1. The zero-order chi connectivity index (χ0) is 17.4. The molecule has 0 atom stereocenters. The first-order valence-corrected chi connectivity index (χ1v) is 8.35. The molecule has 0 spiro atoms. The first-order chi connectivity index (χ1) is 10.6. The Hall–Kier alpha value is -2.19. The van der Waals surface area contributed by atoms with E-state index >= 15 is 0 Å². The van der Waals surface area contributed by atoms with Gasteiger partial charge < -0.3 is 9.84 Å². The molecule has 0 aliphatic rings. The molecule has 1 aromatic carbocycles. The van der Waals surface area contributed by atoms with Crippen molar-refractivity contribution in [3.8, 4) is 0 Å². The number of amides is 1. The predicted molar refractivity (Wildman–Crippen MR) is 86.0 cm³/mol. The Morgan fingerprint density at radius 2 is 1.83 bits per heavy atom. The summed E-state index contributed by atoms with van der Waals surface area (Å²) in [4.78, 5) is 12.3. The molecule has 7 nitrogen and oxygen atoms in total. The van der Waals surface area contributed by atoms with Crippen molar-refractivity contribution in [2.45, 2.75) is 25.7 Å². The van der Waals surface area contributed by atoms with Crippen LogP contribution >= 0.6 is 0 Å². The highest BCUT2D eigenvalue weighted by molar-refractivity contribution is 7.89. The van der Waals surface area contributed by atoms with Crippen LogP contribution in [0.25, 0.3) is 0 Å². The van der Waals surface area contributed by atoms with Crippen LogP contribution in [-0.2, 0) is 10.0 Å². The fourth-order valence-corrected chi connectivity index (χ4v) is 2.98. The second-order valence-corrected chi connectivity index (χ2v) is 7.64. The summed E-state index contributed by atoms with van der Waals surface area (Å²) in [6.45, 7) is 5.31. The van der Waals surface area contributed by atoms with Crippen molar-refractivity contribution in [2.24, 2.45) is 0 Å². The molecule has 0 unspecified atom stereocenters. The maximum atomic E-state index is 12.3. The normalized spacial score (nSPS) is 11.7. The molecular formula is C15H19N3O4S. The number of rotatable bonds is 4. The van der Waals surface area contributed by atoms with E-state index in [-0.39, 0.29) is 10.7 Å². The molecule has 1 heterocycles. The first kappa shape index (κ1) is 17.2. The summed E-state index contributed by atoms with van der Waals surface area (Å²) in [6, 6.07) is 4.54. The number of benzene rings is 1. The van der Waals surface area contributed by atoms with Crippen LogP contribution < -0.4 is 5.32 Å². The highest BCUT2D eigenvalue weighted by Crippen LogP contribution is 2.26. The largest absolute Gasteiger partial charge is 0.351 e. The molecule has 0 aliphatic carbocycles. The second-order valence-electron chi connectivity index (χ2n) is 5.49. The van der Waals surface area contributed by atoms with E-state index in [9.17, 15) is 13.2 Å². The van der Waals surface area contributed by atoms with Crippen molar-refractivity contribution in [1.82, 2.24) is 9.46 Å². The lowest BCUT2D eigenvalue weighted by atomic mass is 10.1. The molecule has 0 saturated carbocycles. The Bertz CT molecular complexity index is 854. The zero-order valence-corrected chi connectivity index (χ0v) is 14.5. The molecule has 0 saturated heterocycles. The van der Waals surface area contributed by atoms with Gasteiger partial charge in [-0.2, -0.15) is 0 Å². The van der Waals surface area contributed by atoms with Gasteiger partial charge in [0.15, 0.2) is 0 Å². The summed E-state index contributed by atoms with van der Waals surface area (Å²) in [6.07, 6.45) is 0. The molecule has 0 fully saturated rings. The van der Waals surface area contributed by atoms with Gasteiger partial charge in [0.25, 0.3) is 5.91 Å². The van der Waals surface area contributed by atoms with Gasteiger partial charge >= 0.3 is 0 Å². The van der Waals surface area contributed by atoms with Crippen molar-refractivity contribution in [3.63, 3.8) is 0 Å². The van der Waals surface area contributed by atoms with E-state index in [1.807, 2.05) is 6.92 Å². The molecule has 124 valence electrons. The Balaban J connectivity index is 2.43. The molecule has 8 heteroatoms. The smallest absolute Gasteiger partial charge is 0.294 e. The van der Waals surface area contributed by atoms with Crippen LogP contribution in [0.15, 0.2) is 27.6 Å². The fraction of sp³-hybridized carbons (Fsp3) is 0.333. The van der Waals surface area contributed by atoms with Gasteiger partial charge in [0.05, 0.1) is 10.6 Å². The van der Waals surface area contributed by atoms with Crippen molar-refractivity contribution in [1.29, 1.82) is 0 Å². The number of hydrogen-bond acceptors (Lipinski definition) is 5. The highest BCUT2D eigenvalue weighted by atomic mass is 32.2.